The molecule has 0 aliphatic carbocycles. The fourth-order valence-corrected chi connectivity index (χ4v) is 0. The Morgan fingerprint density at radius 1 is 0.750 bits per heavy atom. The first-order valence-corrected chi connectivity index (χ1v) is 0. The molecule has 0 N–H and O–H groups in total. The Labute approximate surface area is 74.4 Å². The summed E-state index contributed by atoms with van der Waals surface area (Å²) in [5.74, 6) is 0. The summed E-state index contributed by atoms with van der Waals surface area (Å²) in [4.78, 5) is 0. The average molecular weight is 329 g/mol. The first-order valence-electron chi connectivity index (χ1n) is 0. The molecule has 0 aromatic carbocycles. The van der Waals surface area contributed by atoms with Gasteiger partial charge in [-0.05, 0) is 0 Å². The van der Waals surface area contributed by atoms with E-state index in [9.17, 15) is 0 Å². The van der Waals surface area contributed by atoms with Crippen LogP contribution in [0, 0.1) is 0 Å². The molecule has 0 aromatic heterocycles. The van der Waals surface area contributed by atoms with Crippen LogP contribution < -0.4 is 0 Å². The molecular weight excluding hydrogens is 327 g/mol. The molecule has 0 fully saturated rings. The quantitative estimate of drug-likeness (QED) is 0.537. The van der Waals surface area contributed by atoms with Crippen LogP contribution in [0.25, 0.3) is 0 Å². The molecule has 0 heterocycles. The van der Waals surface area contributed by atoms with Gasteiger partial charge in [-0.3, -0.25) is 0 Å². The van der Waals surface area contributed by atoms with E-state index in [1.807, 2.05) is 0 Å². The molecule has 36 valence electrons. The zero-order valence-corrected chi connectivity index (χ0v) is 7.19. The van der Waals surface area contributed by atoms with Gasteiger partial charge in [0.15, 0.2) is 0 Å². The van der Waals surface area contributed by atoms with E-state index >= 15 is 0 Å². The third kappa shape index (κ3) is 8.84. The van der Waals surface area contributed by atoms with Crippen LogP contribution in [-0.2, 0) is 44.8 Å². The molecule has 0 unspecified atom stereocenters. The van der Waals surface area contributed by atoms with E-state index in [0.29, 0.717) is 0 Å². The maximum atomic E-state index is 0. The van der Waals surface area contributed by atoms with Crippen LogP contribution in [0.3, 0.4) is 0 Å². The van der Waals surface area contributed by atoms with Gasteiger partial charge in [0, 0.05) is 61.8 Å². The van der Waals surface area contributed by atoms with Crippen molar-refractivity contribution in [2.24, 2.45) is 0 Å². The maximum absolute atomic E-state index is 0. The monoisotopic (exact) mass is 328 g/mol. The van der Waals surface area contributed by atoms with Crippen LogP contribution >= 0.6 is 13.5 Å². The van der Waals surface area contributed by atoms with Crippen molar-refractivity contribution in [3.05, 3.63) is 0 Å². The van der Waals surface area contributed by atoms with E-state index in [4.69, 9.17) is 0 Å². The molecule has 0 aliphatic rings. The van der Waals surface area contributed by atoms with E-state index in [1.54, 1.807) is 0 Å². The molecule has 0 amide bonds. The minimum atomic E-state index is 0. The van der Waals surface area contributed by atoms with Gasteiger partial charge >= 0.3 is 0 Å². The molecule has 0 nitrogen and oxygen atoms in total. The predicted octanol–water partition coefficient (Wildman–Crippen LogP) is -0.273. The molecule has 0 atom stereocenters. The largest absolute Gasteiger partial charge is 0.197 e. The van der Waals surface area contributed by atoms with E-state index < -0.39 is 0 Å². The minimum Gasteiger partial charge on any atom is -0.197 e. The first kappa shape index (κ1) is 32.9. The SMILES string of the molecule is S.[Ag].[Ag].[Se]. The first-order chi connectivity index (χ1) is 0. The zero-order chi connectivity index (χ0) is 0. The van der Waals surface area contributed by atoms with Gasteiger partial charge < -0.3 is 0 Å². The molecule has 0 rings (SSSR count). The summed E-state index contributed by atoms with van der Waals surface area (Å²) in [7, 11) is 0. The van der Waals surface area contributed by atoms with E-state index in [0.717, 1.165) is 0 Å². The Hall–Kier alpha value is 2.35. The van der Waals surface area contributed by atoms with Gasteiger partial charge in [0.2, 0.25) is 0 Å². The Bertz CT molecular complexity index is 6.00. The van der Waals surface area contributed by atoms with Crippen LogP contribution in [-0.4, -0.2) is 17.1 Å². The van der Waals surface area contributed by atoms with Gasteiger partial charge in [0.05, 0.1) is 0 Å². The van der Waals surface area contributed by atoms with E-state index in [1.165, 1.54) is 0 Å². The van der Waals surface area contributed by atoms with Crippen LogP contribution in [0.1, 0.15) is 0 Å². The predicted molar refractivity (Wildman–Crippen MR) is 16.1 cm³/mol. The number of hydrogen-bond acceptors (Lipinski definition) is 0. The molecule has 0 aromatic rings. The van der Waals surface area contributed by atoms with Crippen LogP contribution in [0.4, 0.5) is 0 Å². The van der Waals surface area contributed by atoms with Gasteiger partial charge in [-0.15, -0.1) is 0 Å². The summed E-state index contributed by atoms with van der Waals surface area (Å²) in [6.07, 6.45) is 0. The van der Waals surface area contributed by atoms with Crippen molar-refractivity contribution in [3.8, 4) is 0 Å². The molecule has 0 saturated carbocycles. The normalized spacial score (nSPS) is 0. The topological polar surface area (TPSA) is 0 Å². The third-order valence-electron chi connectivity index (χ3n) is 0. The molecule has 4 heteroatoms. The van der Waals surface area contributed by atoms with Gasteiger partial charge in [-0.1, -0.05) is 0 Å². The molecule has 4 radical (unpaired) electrons. The minimum absolute atomic E-state index is 0. The average Bonchev–Trinajstić information content (AvgIpc) is 0. The van der Waals surface area contributed by atoms with Gasteiger partial charge in [-0.25, -0.2) is 0 Å². The summed E-state index contributed by atoms with van der Waals surface area (Å²) in [5, 5.41) is 0. The number of rotatable bonds is 0. The molecule has 0 aliphatic heterocycles. The van der Waals surface area contributed by atoms with Crippen LogP contribution in [0.5, 0.6) is 0 Å². The number of hydrogen-bond donors (Lipinski definition) is 0. The summed E-state index contributed by atoms with van der Waals surface area (Å²) < 4.78 is 0. The van der Waals surface area contributed by atoms with Crippen molar-refractivity contribution in [3.63, 3.8) is 0 Å². The van der Waals surface area contributed by atoms with Crippen molar-refractivity contribution in [2.75, 3.05) is 0 Å². The van der Waals surface area contributed by atoms with Crippen molar-refractivity contribution >= 4 is 30.6 Å². The van der Waals surface area contributed by atoms with Gasteiger partial charge in [0.25, 0.3) is 0 Å². The van der Waals surface area contributed by atoms with E-state index in [-0.39, 0.29) is 75.3 Å². The second kappa shape index (κ2) is 18.3. The van der Waals surface area contributed by atoms with E-state index in [2.05, 4.69) is 0 Å². The van der Waals surface area contributed by atoms with Crippen LogP contribution in [0.15, 0.2) is 0 Å². The maximum Gasteiger partial charge on any atom is 0 e. The zero-order valence-electron chi connectivity index (χ0n) is 1.51. The summed E-state index contributed by atoms with van der Waals surface area (Å²) >= 11 is 0. The Balaban J connectivity index is 0. The molecule has 4 heavy (non-hydrogen) atoms. The van der Waals surface area contributed by atoms with Crippen molar-refractivity contribution in [1.29, 1.82) is 0 Å². The molecule has 0 saturated heterocycles. The van der Waals surface area contributed by atoms with Gasteiger partial charge in [-0.2, -0.15) is 13.5 Å². The van der Waals surface area contributed by atoms with Gasteiger partial charge in [0.1, 0.15) is 0 Å². The molecule has 0 spiro atoms. The summed E-state index contributed by atoms with van der Waals surface area (Å²) in [6, 6.07) is 0. The smallest absolute Gasteiger partial charge is 0 e. The van der Waals surface area contributed by atoms with Crippen LogP contribution in [0.2, 0.25) is 0 Å². The summed E-state index contributed by atoms with van der Waals surface area (Å²) in [5.41, 5.74) is 0. The fourth-order valence-electron chi connectivity index (χ4n) is 0. The Morgan fingerprint density at radius 3 is 0.750 bits per heavy atom. The second-order valence-corrected chi connectivity index (χ2v) is 0. The van der Waals surface area contributed by atoms with Crippen molar-refractivity contribution in [2.45, 2.75) is 0 Å². The fraction of sp³-hybridized carbons (Fsp3) is 0. The van der Waals surface area contributed by atoms with Crippen molar-refractivity contribution in [1.82, 2.24) is 0 Å². The second-order valence-electron chi connectivity index (χ2n) is 0. The Morgan fingerprint density at radius 2 is 0.750 bits per heavy atom. The third-order valence-corrected chi connectivity index (χ3v) is 0. The molecule has 0 bridgehead atoms. The van der Waals surface area contributed by atoms with Crippen molar-refractivity contribution < 1.29 is 44.8 Å². The summed E-state index contributed by atoms with van der Waals surface area (Å²) in [6.45, 7) is 0. The Kier molecular flexibility index (Phi) is 151. The standard InChI is InChI=1S/2Ag.H2S.Se/h;;1H2;. The molecular formula is H2Ag2SSe.